The van der Waals surface area contributed by atoms with Gasteiger partial charge in [-0.15, -0.1) is 0 Å². The first kappa shape index (κ1) is 17.6. The SMILES string of the molecule is CCCn1nc(C(=O)N(C)C2CC[NH+](C)CC2)c2ccccc2c1=O. The van der Waals surface area contributed by atoms with Crippen molar-refractivity contribution in [2.45, 2.75) is 38.8 Å². The average molecular weight is 343 g/mol. The quantitative estimate of drug-likeness (QED) is 0.882. The summed E-state index contributed by atoms with van der Waals surface area (Å²) in [4.78, 5) is 29.1. The average Bonchev–Trinajstić information content (AvgIpc) is 2.64. The fraction of sp³-hybridized carbons (Fsp3) is 0.526. The summed E-state index contributed by atoms with van der Waals surface area (Å²) in [6, 6.07) is 7.52. The summed E-state index contributed by atoms with van der Waals surface area (Å²) < 4.78 is 1.43. The molecule has 0 unspecified atom stereocenters. The molecule has 6 heteroatoms. The number of carbonyl (C=O) groups is 1. The van der Waals surface area contributed by atoms with Crippen molar-refractivity contribution in [3.63, 3.8) is 0 Å². The van der Waals surface area contributed by atoms with Gasteiger partial charge in [-0.1, -0.05) is 25.1 Å². The van der Waals surface area contributed by atoms with E-state index in [-0.39, 0.29) is 17.5 Å². The zero-order valence-corrected chi connectivity index (χ0v) is 15.3. The van der Waals surface area contributed by atoms with Crippen LogP contribution in [0.1, 0.15) is 36.7 Å². The third kappa shape index (κ3) is 3.44. The number of aromatic nitrogens is 2. The highest BCUT2D eigenvalue weighted by Crippen LogP contribution is 2.18. The van der Waals surface area contributed by atoms with Crippen molar-refractivity contribution < 1.29 is 9.69 Å². The second kappa shape index (κ2) is 7.35. The van der Waals surface area contributed by atoms with E-state index in [1.54, 1.807) is 6.07 Å². The molecule has 1 aliphatic rings. The Morgan fingerprint density at radius 1 is 1.28 bits per heavy atom. The summed E-state index contributed by atoms with van der Waals surface area (Å²) in [5, 5.41) is 5.64. The molecule has 2 aromatic rings. The zero-order valence-electron chi connectivity index (χ0n) is 15.3. The van der Waals surface area contributed by atoms with Crippen LogP contribution in [0.15, 0.2) is 29.1 Å². The summed E-state index contributed by atoms with van der Waals surface area (Å²) in [6.07, 6.45) is 2.80. The molecular weight excluding hydrogens is 316 g/mol. The highest BCUT2D eigenvalue weighted by atomic mass is 16.2. The Hall–Kier alpha value is -2.21. The smallest absolute Gasteiger partial charge is 0.274 e. The van der Waals surface area contributed by atoms with E-state index in [0.717, 1.165) is 32.4 Å². The van der Waals surface area contributed by atoms with E-state index in [4.69, 9.17) is 0 Å². The van der Waals surface area contributed by atoms with Crippen LogP contribution in [-0.2, 0) is 6.54 Å². The second-order valence-corrected chi connectivity index (χ2v) is 7.03. The first-order valence-electron chi connectivity index (χ1n) is 9.11. The molecule has 134 valence electrons. The van der Waals surface area contributed by atoms with Crippen LogP contribution in [-0.4, -0.2) is 53.8 Å². The molecule has 1 amide bonds. The lowest BCUT2D eigenvalue weighted by Gasteiger charge is -2.33. The number of quaternary nitrogens is 1. The molecule has 0 saturated carbocycles. The lowest BCUT2D eigenvalue weighted by atomic mass is 10.0. The Morgan fingerprint density at radius 2 is 1.92 bits per heavy atom. The number of likely N-dealkylation sites (tertiary alicyclic amines) is 1. The van der Waals surface area contributed by atoms with Crippen LogP contribution in [0.4, 0.5) is 0 Å². The van der Waals surface area contributed by atoms with Crippen LogP contribution >= 0.6 is 0 Å². The van der Waals surface area contributed by atoms with Crippen LogP contribution in [0.2, 0.25) is 0 Å². The van der Waals surface area contributed by atoms with Gasteiger partial charge in [0.25, 0.3) is 11.5 Å². The van der Waals surface area contributed by atoms with Crippen molar-refractivity contribution in [2.24, 2.45) is 0 Å². The van der Waals surface area contributed by atoms with Crippen molar-refractivity contribution >= 4 is 16.7 Å². The molecule has 6 nitrogen and oxygen atoms in total. The normalized spacial score (nSPS) is 20.6. The number of fused-ring (bicyclic) bond motifs is 1. The van der Waals surface area contributed by atoms with Gasteiger partial charge >= 0.3 is 0 Å². The maximum atomic E-state index is 13.1. The minimum Gasteiger partial charge on any atom is -0.337 e. The van der Waals surface area contributed by atoms with Crippen molar-refractivity contribution in [3.05, 3.63) is 40.3 Å². The fourth-order valence-corrected chi connectivity index (χ4v) is 3.57. The molecule has 2 heterocycles. The van der Waals surface area contributed by atoms with E-state index >= 15 is 0 Å². The molecule has 0 aliphatic carbocycles. The first-order valence-corrected chi connectivity index (χ1v) is 9.11. The minimum atomic E-state index is -0.125. The van der Waals surface area contributed by atoms with E-state index in [0.29, 0.717) is 23.0 Å². The molecule has 1 fully saturated rings. The topological polar surface area (TPSA) is 59.6 Å². The Balaban J connectivity index is 2.00. The maximum Gasteiger partial charge on any atom is 0.274 e. The third-order valence-electron chi connectivity index (χ3n) is 5.18. The van der Waals surface area contributed by atoms with E-state index in [9.17, 15) is 9.59 Å². The van der Waals surface area contributed by atoms with Gasteiger partial charge in [-0.05, 0) is 12.5 Å². The Kier molecular flexibility index (Phi) is 5.18. The van der Waals surface area contributed by atoms with E-state index in [1.165, 1.54) is 9.58 Å². The van der Waals surface area contributed by atoms with Crippen LogP contribution in [0, 0.1) is 0 Å². The summed E-state index contributed by atoms with van der Waals surface area (Å²) in [5.74, 6) is -0.0920. The Morgan fingerprint density at radius 3 is 2.56 bits per heavy atom. The zero-order chi connectivity index (χ0) is 18.0. The molecule has 1 aromatic carbocycles. The molecule has 0 radical (unpaired) electrons. The van der Waals surface area contributed by atoms with Gasteiger partial charge in [0.2, 0.25) is 0 Å². The fourth-order valence-electron chi connectivity index (χ4n) is 3.57. The molecule has 0 atom stereocenters. The van der Waals surface area contributed by atoms with Gasteiger partial charge < -0.3 is 9.80 Å². The molecule has 1 saturated heterocycles. The molecular formula is C19H27N4O2+. The third-order valence-corrected chi connectivity index (χ3v) is 5.18. The Bertz CT molecular complexity index is 822. The van der Waals surface area contributed by atoms with Gasteiger partial charge in [0, 0.05) is 37.9 Å². The number of benzene rings is 1. The summed E-state index contributed by atoms with van der Waals surface area (Å²) in [5.41, 5.74) is 0.261. The summed E-state index contributed by atoms with van der Waals surface area (Å²) >= 11 is 0. The standard InChI is InChI=1S/C19H26N4O2/c1-4-11-23-18(24)16-8-6-5-7-15(16)17(20-23)19(25)22(3)14-9-12-21(2)13-10-14/h5-8,14H,4,9-13H2,1-3H3/p+1. The van der Waals surface area contributed by atoms with Gasteiger partial charge in [-0.3, -0.25) is 9.59 Å². The van der Waals surface area contributed by atoms with Gasteiger partial charge in [-0.25, -0.2) is 4.68 Å². The molecule has 25 heavy (non-hydrogen) atoms. The molecule has 0 spiro atoms. The number of amides is 1. The molecule has 0 bridgehead atoms. The van der Waals surface area contributed by atoms with Crippen molar-refractivity contribution in [2.75, 3.05) is 27.2 Å². The van der Waals surface area contributed by atoms with E-state index in [2.05, 4.69) is 12.1 Å². The predicted molar refractivity (Wildman–Crippen MR) is 98.0 cm³/mol. The van der Waals surface area contributed by atoms with Crippen molar-refractivity contribution in [1.82, 2.24) is 14.7 Å². The molecule has 1 N–H and O–H groups in total. The molecule has 1 aliphatic heterocycles. The van der Waals surface area contributed by atoms with Crippen LogP contribution < -0.4 is 10.5 Å². The number of hydrogen-bond donors (Lipinski definition) is 1. The number of rotatable bonds is 4. The molecule has 1 aromatic heterocycles. The van der Waals surface area contributed by atoms with Gasteiger partial charge in [0.05, 0.1) is 25.5 Å². The number of aryl methyl sites for hydroxylation is 1. The summed E-state index contributed by atoms with van der Waals surface area (Å²) in [6.45, 7) is 4.67. The number of nitrogens with one attached hydrogen (secondary N) is 1. The predicted octanol–water partition coefficient (Wildman–Crippen LogP) is 0.556. The number of nitrogens with zero attached hydrogens (tertiary/aromatic N) is 3. The minimum absolute atomic E-state index is 0.0920. The monoisotopic (exact) mass is 343 g/mol. The van der Waals surface area contributed by atoms with Crippen LogP contribution in [0.3, 0.4) is 0 Å². The van der Waals surface area contributed by atoms with Gasteiger partial charge in [0.15, 0.2) is 5.69 Å². The maximum absolute atomic E-state index is 13.1. The lowest BCUT2D eigenvalue weighted by molar-refractivity contribution is -0.885. The van der Waals surface area contributed by atoms with Crippen LogP contribution in [0.25, 0.3) is 10.8 Å². The number of piperidine rings is 1. The lowest BCUT2D eigenvalue weighted by Crippen LogP contribution is -3.10. The number of carbonyl (C=O) groups excluding carboxylic acids is 1. The Labute approximate surface area is 148 Å². The van der Waals surface area contributed by atoms with E-state index in [1.807, 2.05) is 37.1 Å². The first-order chi connectivity index (χ1) is 12.0. The number of hydrogen-bond acceptors (Lipinski definition) is 3. The second-order valence-electron chi connectivity index (χ2n) is 7.03. The van der Waals surface area contributed by atoms with Crippen molar-refractivity contribution in [1.29, 1.82) is 0 Å². The largest absolute Gasteiger partial charge is 0.337 e. The van der Waals surface area contributed by atoms with Crippen LogP contribution in [0.5, 0.6) is 0 Å². The molecule has 3 rings (SSSR count). The van der Waals surface area contributed by atoms with Crippen molar-refractivity contribution in [3.8, 4) is 0 Å². The van der Waals surface area contributed by atoms with E-state index < -0.39 is 0 Å². The van der Waals surface area contributed by atoms with Gasteiger partial charge in [-0.2, -0.15) is 5.10 Å². The van der Waals surface area contributed by atoms with Gasteiger partial charge in [0.1, 0.15) is 0 Å². The highest BCUT2D eigenvalue weighted by Gasteiger charge is 2.28. The highest BCUT2D eigenvalue weighted by molar-refractivity contribution is 6.04. The summed E-state index contributed by atoms with van der Waals surface area (Å²) in [7, 11) is 4.05.